The Morgan fingerprint density at radius 3 is 2.10 bits per heavy atom. The lowest BCUT2D eigenvalue weighted by Crippen LogP contribution is -2.36. The summed E-state index contributed by atoms with van der Waals surface area (Å²) in [6.07, 6.45) is 0. The van der Waals surface area contributed by atoms with E-state index in [4.69, 9.17) is 0 Å². The molecule has 4 nitrogen and oxygen atoms in total. The number of carbonyl (C=O) groups is 3. The summed E-state index contributed by atoms with van der Waals surface area (Å²) in [7, 11) is 0. The smallest absolute Gasteiger partial charge is 0.285 e. The van der Waals surface area contributed by atoms with Crippen LogP contribution in [-0.4, -0.2) is 17.6 Å². The predicted octanol–water partition coefficient (Wildman–Crippen LogP) is 2.59. The van der Waals surface area contributed by atoms with Gasteiger partial charge in [-0.2, -0.15) is 0 Å². The minimum Gasteiger partial charge on any atom is -0.285 e. The number of ketones is 1. The normalized spacial score (nSPS) is 9.85. The predicted molar refractivity (Wildman–Crippen MR) is 77.4 cm³/mol. The molecule has 0 heterocycles. The molecule has 2 aromatic rings. The van der Waals surface area contributed by atoms with Crippen LogP contribution in [0.5, 0.6) is 0 Å². The molecule has 0 aliphatic carbocycles. The van der Waals surface area contributed by atoms with Crippen LogP contribution in [0.2, 0.25) is 0 Å². The summed E-state index contributed by atoms with van der Waals surface area (Å²) in [6.45, 7) is 0. The maximum absolute atomic E-state index is 11.9. The summed E-state index contributed by atoms with van der Waals surface area (Å²) >= 11 is 3.19. The highest BCUT2D eigenvalue weighted by atomic mass is 79.9. The Kier molecular flexibility index (Phi) is 4.42. The highest BCUT2D eigenvalue weighted by molar-refractivity contribution is 9.10. The first-order valence-corrected chi connectivity index (χ1v) is 6.58. The molecule has 0 atom stereocenters. The van der Waals surface area contributed by atoms with Crippen molar-refractivity contribution in [2.45, 2.75) is 0 Å². The Morgan fingerprint density at radius 2 is 1.45 bits per heavy atom. The van der Waals surface area contributed by atoms with Gasteiger partial charge < -0.3 is 0 Å². The third-order valence-electron chi connectivity index (χ3n) is 2.59. The standard InChI is InChI=1S/C15H10BrNO3/c16-12-9-5-4-8-11(12)13(18)15(20)17-14(19)10-6-2-1-3-7-10/h1-9H,(H,17,19,20). The number of hydrogen-bond donors (Lipinski definition) is 1. The quantitative estimate of drug-likeness (QED) is 0.694. The van der Waals surface area contributed by atoms with Crippen LogP contribution in [-0.2, 0) is 4.79 Å². The minimum atomic E-state index is -0.953. The van der Waals surface area contributed by atoms with Crippen molar-refractivity contribution in [3.8, 4) is 0 Å². The van der Waals surface area contributed by atoms with Crippen LogP contribution in [0, 0.1) is 0 Å². The van der Waals surface area contributed by atoms with Crippen molar-refractivity contribution < 1.29 is 14.4 Å². The van der Waals surface area contributed by atoms with Gasteiger partial charge in [-0.3, -0.25) is 19.7 Å². The molecule has 0 aromatic heterocycles. The van der Waals surface area contributed by atoms with Crippen molar-refractivity contribution in [3.63, 3.8) is 0 Å². The third kappa shape index (κ3) is 3.19. The number of benzene rings is 2. The van der Waals surface area contributed by atoms with Gasteiger partial charge in [0.1, 0.15) is 0 Å². The molecule has 0 aliphatic heterocycles. The van der Waals surface area contributed by atoms with E-state index in [0.29, 0.717) is 10.0 Å². The van der Waals surface area contributed by atoms with E-state index in [1.807, 2.05) is 0 Å². The van der Waals surface area contributed by atoms with Gasteiger partial charge in [0, 0.05) is 15.6 Å². The summed E-state index contributed by atoms with van der Waals surface area (Å²) in [5, 5.41) is 2.07. The number of nitrogens with one attached hydrogen (secondary N) is 1. The van der Waals surface area contributed by atoms with E-state index in [2.05, 4.69) is 21.2 Å². The fourth-order valence-electron chi connectivity index (χ4n) is 1.59. The maximum Gasteiger partial charge on any atom is 0.299 e. The van der Waals surface area contributed by atoms with E-state index in [1.165, 1.54) is 6.07 Å². The summed E-state index contributed by atoms with van der Waals surface area (Å²) in [5.41, 5.74) is 0.534. The SMILES string of the molecule is O=C(NC(=O)c1ccccc1)C(=O)c1ccccc1Br. The van der Waals surface area contributed by atoms with Crippen molar-refractivity contribution in [1.82, 2.24) is 5.32 Å². The summed E-state index contributed by atoms with van der Waals surface area (Å²) < 4.78 is 0.507. The molecular weight excluding hydrogens is 322 g/mol. The molecule has 2 rings (SSSR count). The molecule has 2 amide bonds. The number of halogens is 1. The first-order valence-electron chi connectivity index (χ1n) is 5.79. The number of Topliss-reactive ketones (excluding diaryl/α,β-unsaturated/α-hetero) is 1. The molecule has 20 heavy (non-hydrogen) atoms. The van der Waals surface area contributed by atoms with Crippen LogP contribution in [0.3, 0.4) is 0 Å². The maximum atomic E-state index is 11.9. The summed E-state index contributed by atoms with van der Waals surface area (Å²) in [5.74, 6) is -2.32. The van der Waals surface area contributed by atoms with Crippen molar-refractivity contribution in [2.75, 3.05) is 0 Å². The fraction of sp³-hybridized carbons (Fsp3) is 0. The molecule has 1 N–H and O–H groups in total. The van der Waals surface area contributed by atoms with Crippen molar-refractivity contribution in [2.24, 2.45) is 0 Å². The lowest BCUT2D eigenvalue weighted by atomic mass is 10.1. The van der Waals surface area contributed by atoms with Crippen molar-refractivity contribution in [3.05, 3.63) is 70.2 Å². The van der Waals surface area contributed by atoms with E-state index in [-0.39, 0.29) is 5.56 Å². The summed E-state index contributed by atoms with van der Waals surface area (Å²) in [4.78, 5) is 35.5. The highest BCUT2D eigenvalue weighted by Crippen LogP contribution is 2.16. The lowest BCUT2D eigenvalue weighted by Gasteiger charge is -2.04. The number of amides is 2. The fourth-order valence-corrected chi connectivity index (χ4v) is 2.05. The number of carbonyl (C=O) groups excluding carboxylic acids is 3. The zero-order valence-corrected chi connectivity index (χ0v) is 11.9. The van der Waals surface area contributed by atoms with Crippen LogP contribution < -0.4 is 5.32 Å². The van der Waals surface area contributed by atoms with Crippen LogP contribution in [0.15, 0.2) is 59.1 Å². The second-order valence-electron chi connectivity index (χ2n) is 3.96. The van der Waals surface area contributed by atoms with Gasteiger partial charge in [0.25, 0.3) is 17.6 Å². The molecule has 0 bridgehead atoms. The van der Waals surface area contributed by atoms with Crippen LogP contribution in [0.4, 0.5) is 0 Å². The molecule has 0 saturated heterocycles. The van der Waals surface area contributed by atoms with Gasteiger partial charge in [0.15, 0.2) is 0 Å². The number of rotatable bonds is 3. The topological polar surface area (TPSA) is 63.2 Å². The first kappa shape index (κ1) is 14.1. The molecule has 0 radical (unpaired) electrons. The molecule has 0 saturated carbocycles. The van der Waals surface area contributed by atoms with E-state index >= 15 is 0 Å². The molecule has 0 aliphatic rings. The highest BCUT2D eigenvalue weighted by Gasteiger charge is 2.21. The van der Waals surface area contributed by atoms with Gasteiger partial charge in [-0.15, -0.1) is 0 Å². The van der Waals surface area contributed by atoms with Crippen LogP contribution in [0.1, 0.15) is 20.7 Å². The van der Waals surface area contributed by atoms with E-state index in [1.54, 1.807) is 48.5 Å². The zero-order valence-electron chi connectivity index (χ0n) is 10.3. The number of hydrogen-bond acceptors (Lipinski definition) is 3. The van der Waals surface area contributed by atoms with Crippen LogP contribution in [0.25, 0.3) is 0 Å². The lowest BCUT2D eigenvalue weighted by molar-refractivity contribution is -0.116. The Balaban J connectivity index is 2.11. The van der Waals surface area contributed by atoms with Crippen molar-refractivity contribution >= 4 is 33.5 Å². The Morgan fingerprint density at radius 1 is 0.850 bits per heavy atom. The van der Waals surface area contributed by atoms with E-state index < -0.39 is 17.6 Å². The van der Waals surface area contributed by atoms with Gasteiger partial charge in [0.05, 0.1) is 0 Å². The summed E-state index contributed by atoms with van der Waals surface area (Å²) in [6, 6.07) is 14.8. The molecule has 0 unspecified atom stereocenters. The van der Waals surface area contributed by atoms with Gasteiger partial charge in [0.2, 0.25) is 0 Å². The second kappa shape index (κ2) is 6.25. The third-order valence-corrected chi connectivity index (χ3v) is 3.28. The molecule has 5 heteroatoms. The number of imide groups is 1. The second-order valence-corrected chi connectivity index (χ2v) is 4.81. The van der Waals surface area contributed by atoms with E-state index in [9.17, 15) is 14.4 Å². The van der Waals surface area contributed by atoms with Gasteiger partial charge in [-0.1, -0.05) is 46.3 Å². The van der Waals surface area contributed by atoms with E-state index in [0.717, 1.165) is 0 Å². The van der Waals surface area contributed by atoms with Gasteiger partial charge >= 0.3 is 0 Å². The van der Waals surface area contributed by atoms with Crippen LogP contribution >= 0.6 is 15.9 Å². The van der Waals surface area contributed by atoms with Gasteiger partial charge in [-0.25, -0.2) is 0 Å². The first-order chi connectivity index (χ1) is 9.59. The Hall–Kier alpha value is -2.27. The monoisotopic (exact) mass is 331 g/mol. The van der Waals surface area contributed by atoms with Gasteiger partial charge in [-0.05, 0) is 24.3 Å². The molecule has 0 fully saturated rings. The molecule has 0 spiro atoms. The van der Waals surface area contributed by atoms with Crippen molar-refractivity contribution in [1.29, 1.82) is 0 Å². The average molecular weight is 332 g/mol. The Labute approximate surface area is 123 Å². The molecule has 100 valence electrons. The largest absolute Gasteiger partial charge is 0.299 e. The minimum absolute atomic E-state index is 0.214. The Bertz CT molecular complexity index is 668. The molecular formula is C15H10BrNO3. The zero-order chi connectivity index (χ0) is 14.5. The molecule has 2 aromatic carbocycles. The average Bonchev–Trinajstić information content (AvgIpc) is 2.48.